The van der Waals surface area contributed by atoms with Crippen LogP contribution in [0.5, 0.6) is 5.75 Å². The monoisotopic (exact) mass is 492 g/mol. The van der Waals surface area contributed by atoms with Crippen molar-refractivity contribution in [2.24, 2.45) is 0 Å². The minimum atomic E-state index is -5.42. The zero-order valence-electron chi connectivity index (χ0n) is 20.2. The Morgan fingerprint density at radius 3 is 2.00 bits per heavy atom. The van der Waals surface area contributed by atoms with Gasteiger partial charge in [-0.25, -0.2) is 4.39 Å². The molecule has 9 heteroatoms. The van der Waals surface area contributed by atoms with Crippen LogP contribution in [-0.4, -0.2) is 29.0 Å². The normalized spacial score (nSPS) is 12.2. The maximum atomic E-state index is 14.9. The Kier molecular flexibility index (Phi) is 11.0. The van der Waals surface area contributed by atoms with Crippen LogP contribution in [0.25, 0.3) is 10.8 Å². The molecule has 0 radical (unpaired) electrons. The fourth-order valence-electron chi connectivity index (χ4n) is 4.64. The van der Waals surface area contributed by atoms with Gasteiger partial charge in [0.25, 0.3) is 0 Å². The van der Waals surface area contributed by atoms with Crippen LogP contribution < -0.4 is 61.6 Å². The minimum absolute atomic E-state index is 0. The van der Waals surface area contributed by atoms with Crippen LogP contribution in [0.15, 0.2) is 24.3 Å². The summed E-state index contributed by atoms with van der Waals surface area (Å²) in [5, 5.41) is 0.0309. The zero-order chi connectivity index (χ0) is 23.6. The van der Waals surface area contributed by atoms with Gasteiger partial charge < -0.3 is 22.4 Å². The fraction of sp³-hybridized carbons (Fsp3) is 0.478. The van der Waals surface area contributed by atoms with Crippen molar-refractivity contribution in [3.8, 4) is 17.2 Å². The fourth-order valence-corrected chi connectivity index (χ4v) is 9.85. The third-order valence-electron chi connectivity index (χ3n) is 6.04. The van der Waals surface area contributed by atoms with Crippen molar-refractivity contribution >= 4 is 31.3 Å². The second-order valence-electron chi connectivity index (χ2n) is 8.81. The van der Waals surface area contributed by atoms with E-state index in [0.29, 0.717) is 0 Å². The molecule has 0 N–H and O–H groups in total. The molecule has 2 aromatic rings. The van der Waals surface area contributed by atoms with Crippen molar-refractivity contribution in [2.75, 3.05) is 13.9 Å². The molecule has 32 heavy (non-hydrogen) atoms. The smallest absolute Gasteiger partial charge is 0.468 e. The Bertz CT molecular complexity index is 976. The summed E-state index contributed by atoms with van der Waals surface area (Å²) in [6, 6.07) is 4.87. The summed E-state index contributed by atoms with van der Waals surface area (Å²) < 4.78 is 66.9. The van der Waals surface area contributed by atoms with E-state index < -0.39 is 26.3 Å². The molecule has 0 amide bonds. The first-order valence-corrected chi connectivity index (χ1v) is 12.7. The molecule has 0 unspecified atom stereocenters. The van der Waals surface area contributed by atoms with E-state index in [2.05, 4.69) is 53.0 Å². The Labute approximate surface area is 232 Å². The van der Waals surface area contributed by atoms with Crippen LogP contribution in [0.4, 0.5) is 17.3 Å². The van der Waals surface area contributed by atoms with Gasteiger partial charge >= 0.3 is 58.4 Å². The van der Waals surface area contributed by atoms with Gasteiger partial charge in [-0.2, -0.15) is 0 Å². The maximum Gasteiger partial charge on any atom is 1.00 e. The zero-order valence-corrected chi connectivity index (χ0v) is 24.3. The van der Waals surface area contributed by atoms with E-state index in [1.165, 1.54) is 25.3 Å². The number of fused-ring (bicyclic) bond motifs is 1. The third kappa shape index (κ3) is 6.20. The molecule has 0 fully saturated rings. The van der Waals surface area contributed by atoms with E-state index in [0.717, 1.165) is 6.07 Å². The van der Waals surface area contributed by atoms with Crippen molar-refractivity contribution in [3.63, 3.8) is 0 Å². The summed E-state index contributed by atoms with van der Waals surface area (Å²) in [7, 11) is -0.876. The summed E-state index contributed by atoms with van der Waals surface area (Å²) in [5.41, 5.74) is 3.08. The van der Waals surface area contributed by atoms with Crippen molar-refractivity contribution in [1.29, 1.82) is 0 Å². The molecule has 0 spiro atoms. The Morgan fingerprint density at radius 2 is 1.53 bits per heavy atom. The number of ether oxygens (including phenoxy) is 2. The molecular formula is C23H30BF4KO2Si. The molecule has 0 saturated carbocycles. The predicted molar refractivity (Wildman–Crippen MR) is 123 cm³/mol. The van der Waals surface area contributed by atoms with Crippen molar-refractivity contribution in [1.82, 2.24) is 0 Å². The van der Waals surface area contributed by atoms with Gasteiger partial charge in [-0.3, -0.25) is 0 Å². The second kappa shape index (κ2) is 11.9. The van der Waals surface area contributed by atoms with Crippen LogP contribution in [0.3, 0.4) is 0 Å². The number of hydrogen-bond acceptors (Lipinski definition) is 2. The molecule has 0 atom stereocenters. The van der Waals surface area contributed by atoms with Gasteiger partial charge in [0.15, 0.2) is 6.79 Å². The Hall–Kier alpha value is -0.342. The summed E-state index contributed by atoms with van der Waals surface area (Å²) >= 11 is 0. The molecule has 2 aromatic carbocycles. The van der Waals surface area contributed by atoms with Crippen LogP contribution in [0.1, 0.15) is 47.1 Å². The molecule has 0 aliphatic rings. The van der Waals surface area contributed by atoms with E-state index in [1.807, 2.05) is 0 Å². The van der Waals surface area contributed by atoms with E-state index in [9.17, 15) is 17.3 Å². The van der Waals surface area contributed by atoms with Crippen LogP contribution in [0, 0.1) is 17.3 Å². The van der Waals surface area contributed by atoms with E-state index in [4.69, 9.17) is 9.47 Å². The Balaban J connectivity index is 0.00000512. The van der Waals surface area contributed by atoms with Crippen LogP contribution in [0.2, 0.25) is 16.6 Å². The Morgan fingerprint density at radius 1 is 0.969 bits per heavy atom. The topological polar surface area (TPSA) is 18.5 Å². The van der Waals surface area contributed by atoms with Crippen LogP contribution >= 0.6 is 0 Å². The SMILES string of the molecule is COCOc1cc([B-](F)(F)F)c2c(C#C[Si](C(C)C)(C(C)C)C(C)C)c(F)ccc2c1.[K+]. The average Bonchev–Trinajstić information content (AvgIpc) is 2.66. The van der Waals surface area contributed by atoms with Gasteiger partial charge in [-0.05, 0) is 45.6 Å². The predicted octanol–water partition coefficient (Wildman–Crippen LogP) is 3.59. The molecule has 0 bridgehead atoms. The largest absolute Gasteiger partial charge is 1.00 e. The molecular weight excluding hydrogens is 462 g/mol. The van der Waals surface area contributed by atoms with Crippen molar-refractivity contribution in [2.45, 2.75) is 58.2 Å². The third-order valence-corrected chi connectivity index (χ3v) is 12.3. The van der Waals surface area contributed by atoms with Crippen molar-refractivity contribution < 1.29 is 78.2 Å². The first kappa shape index (κ1) is 29.7. The van der Waals surface area contributed by atoms with E-state index in [1.54, 1.807) is 0 Å². The minimum Gasteiger partial charge on any atom is -0.468 e. The second-order valence-corrected chi connectivity index (χ2v) is 14.4. The first-order valence-electron chi connectivity index (χ1n) is 10.5. The molecule has 0 heterocycles. The molecule has 0 aliphatic heterocycles. The summed E-state index contributed by atoms with van der Waals surface area (Å²) in [5.74, 6) is 2.17. The molecule has 170 valence electrons. The standard InChI is InChI=1S/C23H30BF4O2Si.K/c1-15(2)31(16(3)4,17(5)6)11-10-20-22(25)9-8-18-12-19(30-14-29-7)13-21(23(18)20)24(26,27)28;/h8-9,12-13,15-17H,14H2,1-7H3;/q-1;+1. The van der Waals surface area contributed by atoms with Gasteiger partial charge in [-0.1, -0.05) is 59.0 Å². The molecule has 0 saturated heterocycles. The number of rotatable bonds is 7. The summed E-state index contributed by atoms with van der Waals surface area (Å²) in [4.78, 5) is 0. The number of hydrogen-bond donors (Lipinski definition) is 0. The van der Waals surface area contributed by atoms with E-state index in [-0.39, 0.29) is 96.9 Å². The summed E-state index contributed by atoms with van der Waals surface area (Å²) in [6.07, 6.45) is 0. The van der Waals surface area contributed by atoms with E-state index >= 15 is 0 Å². The average molecular weight is 492 g/mol. The van der Waals surface area contributed by atoms with Gasteiger partial charge in [0.2, 0.25) is 0 Å². The summed E-state index contributed by atoms with van der Waals surface area (Å²) in [6.45, 7) is 7.00. The number of benzene rings is 2. The quantitative estimate of drug-likeness (QED) is 0.255. The van der Waals surface area contributed by atoms with Crippen LogP contribution in [-0.2, 0) is 4.74 Å². The molecule has 0 aliphatic carbocycles. The van der Waals surface area contributed by atoms with Gasteiger partial charge in [0, 0.05) is 7.11 Å². The molecule has 0 aromatic heterocycles. The van der Waals surface area contributed by atoms with Gasteiger partial charge in [-0.15, -0.1) is 5.54 Å². The van der Waals surface area contributed by atoms with Gasteiger partial charge in [0.1, 0.15) is 19.6 Å². The van der Waals surface area contributed by atoms with Crippen molar-refractivity contribution in [3.05, 3.63) is 35.6 Å². The maximum absolute atomic E-state index is 14.9. The van der Waals surface area contributed by atoms with Gasteiger partial charge in [0.05, 0.1) is 5.56 Å². The first-order chi connectivity index (χ1) is 14.4. The molecule has 2 nitrogen and oxygen atoms in total. The number of methoxy groups -OCH3 is 1. The molecule has 2 rings (SSSR count). The number of halogens is 4.